The Balaban J connectivity index is 1.43. The van der Waals surface area contributed by atoms with Gasteiger partial charge in [-0.2, -0.15) is 4.39 Å². The van der Waals surface area contributed by atoms with Gasteiger partial charge in [0, 0.05) is 47.1 Å². The molecule has 0 aliphatic carbocycles. The van der Waals surface area contributed by atoms with E-state index in [0.29, 0.717) is 58.6 Å². The van der Waals surface area contributed by atoms with E-state index >= 15 is 4.39 Å². The van der Waals surface area contributed by atoms with E-state index in [1.165, 1.54) is 15.7 Å². The summed E-state index contributed by atoms with van der Waals surface area (Å²) < 4.78 is 22.7. The highest BCUT2D eigenvalue weighted by Gasteiger charge is 2.39. The molecule has 2 amide bonds. The molecular weight excluding hydrogens is 521 g/mol. The number of halogens is 1. The molecule has 3 N–H and O–H groups in total. The number of hydrogen-bond acceptors (Lipinski definition) is 8. The molecule has 0 radical (unpaired) electrons. The Morgan fingerprint density at radius 1 is 1.26 bits per heavy atom. The van der Waals surface area contributed by atoms with Crippen molar-refractivity contribution in [3.8, 4) is 17.0 Å². The molecule has 5 heterocycles. The first-order valence-corrected chi connectivity index (χ1v) is 13.8. The number of ether oxygens (including phenoxy) is 1. The number of anilines is 2. The highest BCUT2D eigenvalue weighted by molar-refractivity contribution is 7.15. The van der Waals surface area contributed by atoms with E-state index in [9.17, 15) is 9.59 Å². The zero-order chi connectivity index (χ0) is 27.3. The third-order valence-corrected chi connectivity index (χ3v) is 8.22. The normalized spacial score (nSPS) is 18.9. The summed E-state index contributed by atoms with van der Waals surface area (Å²) >= 11 is 1.38. The first-order chi connectivity index (χ1) is 18.8. The van der Waals surface area contributed by atoms with E-state index in [4.69, 9.17) is 15.5 Å². The number of rotatable bonds is 6. The van der Waals surface area contributed by atoms with Gasteiger partial charge in [0.1, 0.15) is 28.6 Å². The van der Waals surface area contributed by atoms with Crippen molar-refractivity contribution in [3.63, 3.8) is 0 Å². The van der Waals surface area contributed by atoms with Crippen LogP contribution in [0.3, 0.4) is 0 Å². The predicted octanol–water partition coefficient (Wildman–Crippen LogP) is 4.40. The zero-order valence-electron chi connectivity index (χ0n) is 21.6. The SMILES string of the molecule is CCOc1cc(C(=O)Nc2ncc(C)s2)ccc1-c1nc([C@@H]2CC[C@H]3CCC(=O)N3C2)n2c(F)cnc(N)c12. The maximum Gasteiger partial charge on any atom is 0.257 e. The minimum absolute atomic E-state index is 0.125. The van der Waals surface area contributed by atoms with Crippen LogP contribution in [-0.4, -0.2) is 55.3 Å². The smallest absolute Gasteiger partial charge is 0.257 e. The second-order valence-electron chi connectivity index (χ2n) is 9.86. The largest absolute Gasteiger partial charge is 0.493 e. The minimum atomic E-state index is -0.587. The lowest BCUT2D eigenvalue weighted by atomic mass is 9.92. The molecule has 0 spiro atoms. The van der Waals surface area contributed by atoms with Crippen molar-refractivity contribution in [2.45, 2.75) is 51.5 Å². The van der Waals surface area contributed by atoms with Crippen LogP contribution in [0.15, 0.2) is 30.6 Å². The fourth-order valence-corrected chi connectivity index (χ4v) is 6.25. The van der Waals surface area contributed by atoms with Gasteiger partial charge in [-0.25, -0.2) is 15.0 Å². The van der Waals surface area contributed by atoms with Crippen LogP contribution in [-0.2, 0) is 4.79 Å². The number of carbonyl (C=O) groups excluding carboxylic acids is 2. The van der Waals surface area contributed by atoms with Gasteiger partial charge < -0.3 is 15.4 Å². The predicted molar refractivity (Wildman–Crippen MR) is 145 cm³/mol. The molecule has 2 fully saturated rings. The van der Waals surface area contributed by atoms with Gasteiger partial charge in [-0.3, -0.25) is 19.3 Å². The van der Waals surface area contributed by atoms with Crippen LogP contribution in [0.4, 0.5) is 15.3 Å². The molecule has 0 bridgehead atoms. The Bertz CT molecular complexity index is 1600. The summed E-state index contributed by atoms with van der Waals surface area (Å²) in [6.45, 7) is 4.58. The van der Waals surface area contributed by atoms with E-state index < -0.39 is 5.95 Å². The number of carbonyl (C=O) groups is 2. The van der Waals surface area contributed by atoms with Crippen molar-refractivity contribution in [2.24, 2.45) is 0 Å². The quantitative estimate of drug-likeness (QED) is 0.365. The van der Waals surface area contributed by atoms with E-state index in [1.54, 1.807) is 24.4 Å². The third-order valence-electron chi connectivity index (χ3n) is 7.39. The Labute approximate surface area is 228 Å². The van der Waals surface area contributed by atoms with Crippen LogP contribution in [0.25, 0.3) is 16.8 Å². The Morgan fingerprint density at radius 3 is 2.87 bits per heavy atom. The molecule has 2 saturated heterocycles. The Kier molecular flexibility index (Phi) is 6.42. The lowest BCUT2D eigenvalue weighted by Gasteiger charge is -2.34. The molecular formula is C27H28FN7O3S. The van der Waals surface area contributed by atoms with Crippen LogP contribution in [0.1, 0.15) is 59.6 Å². The number of amides is 2. The van der Waals surface area contributed by atoms with Gasteiger partial charge >= 0.3 is 0 Å². The molecule has 2 atom stereocenters. The van der Waals surface area contributed by atoms with Crippen LogP contribution in [0, 0.1) is 12.9 Å². The molecule has 4 aromatic rings. The number of nitrogens with one attached hydrogen (secondary N) is 1. The van der Waals surface area contributed by atoms with Gasteiger partial charge in [-0.1, -0.05) is 0 Å². The van der Waals surface area contributed by atoms with Crippen molar-refractivity contribution in [2.75, 3.05) is 24.2 Å². The van der Waals surface area contributed by atoms with E-state index in [0.717, 1.165) is 30.3 Å². The molecule has 39 heavy (non-hydrogen) atoms. The molecule has 2 aliphatic rings. The van der Waals surface area contributed by atoms with Crippen LogP contribution in [0.5, 0.6) is 5.75 Å². The molecule has 202 valence electrons. The number of hydrogen-bond donors (Lipinski definition) is 2. The molecule has 10 nitrogen and oxygen atoms in total. The number of aryl methyl sites for hydroxylation is 1. The summed E-state index contributed by atoms with van der Waals surface area (Å²) in [7, 11) is 0. The average molecular weight is 550 g/mol. The van der Waals surface area contributed by atoms with E-state index in [2.05, 4.69) is 15.3 Å². The van der Waals surface area contributed by atoms with Gasteiger partial charge in [0.2, 0.25) is 11.9 Å². The Hall–Kier alpha value is -4.06. The lowest BCUT2D eigenvalue weighted by molar-refractivity contribution is -0.130. The maximum atomic E-state index is 15.3. The molecule has 0 unspecified atom stereocenters. The van der Waals surface area contributed by atoms with Crippen LogP contribution in [0.2, 0.25) is 0 Å². The van der Waals surface area contributed by atoms with Crippen LogP contribution >= 0.6 is 11.3 Å². The first-order valence-electron chi connectivity index (χ1n) is 13.0. The van der Waals surface area contributed by atoms with Gasteiger partial charge in [-0.15, -0.1) is 11.3 Å². The van der Waals surface area contributed by atoms with E-state index in [1.807, 2.05) is 18.7 Å². The number of fused-ring (bicyclic) bond motifs is 2. The number of benzene rings is 1. The fourth-order valence-electron chi connectivity index (χ4n) is 5.59. The molecule has 0 saturated carbocycles. The second kappa shape index (κ2) is 9.92. The fraction of sp³-hybridized carbons (Fsp3) is 0.370. The third kappa shape index (κ3) is 4.48. The topological polar surface area (TPSA) is 128 Å². The summed E-state index contributed by atoms with van der Waals surface area (Å²) in [5, 5.41) is 3.31. The minimum Gasteiger partial charge on any atom is -0.493 e. The number of imidazole rings is 1. The highest BCUT2D eigenvalue weighted by atomic mass is 32.1. The molecule has 1 aromatic carbocycles. The highest BCUT2D eigenvalue weighted by Crippen LogP contribution is 2.40. The molecule has 12 heteroatoms. The first kappa shape index (κ1) is 25.2. The van der Waals surface area contributed by atoms with Gasteiger partial charge in [0.25, 0.3) is 5.91 Å². The molecule has 3 aromatic heterocycles. The summed E-state index contributed by atoms with van der Waals surface area (Å²) in [6, 6.07) is 5.27. The van der Waals surface area contributed by atoms with Crippen LogP contribution < -0.4 is 15.8 Å². The number of nitrogens with zero attached hydrogens (tertiary/aromatic N) is 5. The number of aromatic nitrogens is 4. The van der Waals surface area contributed by atoms with E-state index in [-0.39, 0.29) is 29.6 Å². The number of nitrogens with two attached hydrogens (primary N) is 1. The Morgan fingerprint density at radius 2 is 2.10 bits per heavy atom. The van der Waals surface area contributed by atoms with Gasteiger partial charge in [0.15, 0.2) is 5.13 Å². The number of piperidine rings is 1. The lowest BCUT2D eigenvalue weighted by Crippen LogP contribution is -2.41. The average Bonchev–Trinajstić information content (AvgIpc) is 3.63. The van der Waals surface area contributed by atoms with Crippen molar-refractivity contribution in [3.05, 3.63) is 52.8 Å². The zero-order valence-corrected chi connectivity index (χ0v) is 22.4. The molecule has 6 rings (SSSR count). The maximum absolute atomic E-state index is 15.3. The number of nitrogen functional groups attached to an aromatic ring is 1. The summed E-state index contributed by atoms with van der Waals surface area (Å²) in [5.41, 5.74) is 7.97. The van der Waals surface area contributed by atoms with Crippen molar-refractivity contribution >= 4 is 39.6 Å². The van der Waals surface area contributed by atoms with Crippen molar-refractivity contribution in [1.29, 1.82) is 0 Å². The second-order valence-corrected chi connectivity index (χ2v) is 11.1. The summed E-state index contributed by atoms with van der Waals surface area (Å²) in [5.74, 6) is 0.0832. The monoisotopic (exact) mass is 549 g/mol. The summed E-state index contributed by atoms with van der Waals surface area (Å²) in [6.07, 6.45) is 5.82. The van der Waals surface area contributed by atoms with Gasteiger partial charge in [-0.05, 0) is 51.3 Å². The van der Waals surface area contributed by atoms with Crippen molar-refractivity contribution in [1.82, 2.24) is 24.3 Å². The summed E-state index contributed by atoms with van der Waals surface area (Å²) in [4.78, 5) is 41.4. The number of thiazole rings is 1. The molecule has 2 aliphatic heterocycles. The van der Waals surface area contributed by atoms with Crippen molar-refractivity contribution < 1.29 is 18.7 Å². The van der Waals surface area contributed by atoms with Gasteiger partial charge in [0.05, 0.1) is 12.8 Å². The standard InChI is InChI=1S/C27H28FN7O3S/c1-3-38-19-10-15(26(37)33-27-31-11-14(2)39-27)5-8-18(19)22-23-24(29)30-12-20(28)35(23)25(32-22)16-4-6-17-7-9-21(36)34(17)13-16/h5,8,10-12,16-17H,3-4,6-7,9,13H2,1-2H3,(H2,29,30)(H,31,33,37)/t16-,17+/m1/s1.